The Balaban J connectivity index is 2.70. The van der Waals surface area contributed by atoms with Crippen molar-refractivity contribution in [1.82, 2.24) is 4.98 Å². The molecule has 0 saturated heterocycles. The highest BCUT2D eigenvalue weighted by Gasteiger charge is 2.12. The van der Waals surface area contributed by atoms with Crippen LogP contribution in [0.5, 0.6) is 0 Å². The fraction of sp³-hybridized carbons (Fsp3) is 0.400. The number of carbonyl (C=O) groups excluding carboxylic acids is 1. The van der Waals surface area contributed by atoms with E-state index in [1.165, 1.54) is 7.11 Å². The van der Waals surface area contributed by atoms with Gasteiger partial charge in [-0.05, 0) is 25.5 Å². The number of nitrogens with one attached hydrogen (secondary N) is 1. The van der Waals surface area contributed by atoms with Gasteiger partial charge in [-0.25, -0.2) is 0 Å². The van der Waals surface area contributed by atoms with Crippen molar-refractivity contribution in [2.75, 3.05) is 12.4 Å². The van der Waals surface area contributed by atoms with Crippen LogP contribution in [0.15, 0.2) is 18.5 Å². The summed E-state index contributed by atoms with van der Waals surface area (Å²) in [6.07, 6.45) is 2.86. The SMILES string of the molecule is CO[C@H](C)C(=O)Nc1cnccc1C. The van der Waals surface area contributed by atoms with Gasteiger partial charge in [0.1, 0.15) is 6.10 Å². The Morgan fingerprint density at radius 1 is 1.64 bits per heavy atom. The number of anilines is 1. The fourth-order valence-electron chi connectivity index (χ4n) is 0.936. The summed E-state index contributed by atoms with van der Waals surface area (Å²) in [5, 5.41) is 2.73. The number of hydrogen-bond donors (Lipinski definition) is 1. The lowest BCUT2D eigenvalue weighted by Gasteiger charge is -2.11. The van der Waals surface area contributed by atoms with Crippen LogP contribution in [0.3, 0.4) is 0 Å². The molecule has 1 N–H and O–H groups in total. The van der Waals surface area contributed by atoms with Gasteiger partial charge in [0.05, 0.1) is 11.9 Å². The van der Waals surface area contributed by atoms with E-state index in [2.05, 4.69) is 10.3 Å². The molecule has 0 aliphatic heterocycles. The molecule has 1 atom stereocenters. The minimum absolute atomic E-state index is 0.163. The van der Waals surface area contributed by atoms with Crippen molar-refractivity contribution in [1.29, 1.82) is 0 Å². The first kappa shape index (κ1) is 10.7. The van der Waals surface area contributed by atoms with Crippen molar-refractivity contribution >= 4 is 11.6 Å². The molecule has 0 bridgehead atoms. The summed E-state index contributed by atoms with van der Waals surface area (Å²) in [5.41, 5.74) is 1.71. The Bertz CT molecular complexity index is 326. The first-order valence-electron chi connectivity index (χ1n) is 4.39. The number of ether oxygens (including phenoxy) is 1. The maximum Gasteiger partial charge on any atom is 0.253 e. The third kappa shape index (κ3) is 2.53. The summed E-state index contributed by atoms with van der Waals surface area (Å²) >= 11 is 0. The van der Waals surface area contributed by atoms with Crippen LogP contribution in [-0.4, -0.2) is 24.1 Å². The largest absolute Gasteiger partial charge is 0.372 e. The molecule has 0 spiro atoms. The van der Waals surface area contributed by atoms with Crippen molar-refractivity contribution in [3.05, 3.63) is 24.0 Å². The molecule has 1 amide bonds. The Labute approximate surface area is 83.3 Å². The average Bonchev–Trinajstić information content (AvgIpc) is 2.20. The van der Waals surface area contributed by atoms with E-state index in [4.69, 9.17) is 4.74 Å². The van der Waals surface area contributed by atoms with Crippen LogP contribution in [-0.2, 0) is 9.53 Å². The number of carbonyl (C=O) groups is 1. The lowest BCUT2D eigenvalue weighted by molar-refractivity contribution is -0.124. The molecule has 0 radical (unpaired) electrons. The Morgan fingerprint density at radius 3 is 2.93 bits per heavy atom. The van der Waals surface area contributed by atoms with E-state index in [9.17, 15) is 4.79 Å². The smallest absolute Gasteiger partial charge is 0.253 e. The third-order valence-electron chi connectivity index (χ3n) is 2.02. The van der Waals surface area contributed by atoms with Gasteiger partial charge in [0, 0.05) is 13.3 Å². The van der Waals surface area contributed by atoms with E-state index in [0.717, 1.165) is 11.3 Å². The molecule has 0 aromatic carbocycles. The minimum atomic E-state index is -0.449. The van der Waals surface area contributed by atoms with E-state index in [1.807, 2.05) is 13.0 Å². The van der Waals surface area contributed by atoms with E-state index in [-0.39, 0.29) is 5.91 Å². The summed E-state index contributed by atoms with van der Waals surface area (Å²) in [6, 6.07) is 1.84. The van der Waals surface area contributed by atoms with Crippen LogP contribution < -0.4 is 5.32 Å². The monoisotopic (exact) mass is 194 g/mol. The first-order valence-corrected chi connectivity index (χ1v) is 4.39. The van der Waals surface area contributed by atoms with E-state index in [1.54, 1.807) is 19.3 Å². The van der Waals surface area contributed by atoms with Gasteiger partial charge in [-0.15, -0.1) is 0 Å². The Hall–Kier alpha value is -1.42. The zero-order valence-corrected chi connectivity index (χ0v) is 8.57. The average molecular weight is 194 g/mol. The highest BCUT2D eigenvalue weighted by Crippen LogP contribution is 2.11. The molecule has 0 aliphatic rings. The molecule has 0 unspecified atom stereocenters. The zero-order chi connectivity index (χ0) is 10.6. The third-order valence-corrected chi connectivity index (χ3v) is 2.02. The number of aryl methyl sites for hydroxylation is 1. The topological polar surface area (TPSA) is 51.2 Å². The van der Waals surface area contributed by atoms with Gasteiger partial charge in [-0.3, -0.25) is 9.78 Å². The predicted molar refractivity (Wildman–Crippen MR) is 54.1 cm³/mol. The lowest BCUT2D eigenvalue weighted by atomic mass is 10.2. The molecule has 0 saturated carbocycles. The van der Waals surface area contributed by atoms with Gasteiger partial charge in [0.25, 0.3) is 5.91 Å². The molecule has 0 aliphatic carbocycles. The zero-order valence-electron chi connectivity index (χ0n) is 8.57. The lowest BCUT2D eigenvalue weighted by Crippen LogP contribution is -2.26. The van der Waals surface area contributed by atoms with Crippen LogP contribution >= 0.6 is 0 Å². The second-order valence-electron chi connectivity index (χ2n) is 3.06. The first-order chi connectivity index (χ1) is 6.65. The molecule has 0 fully saturated rings. The van der Waals surface area contributed by atoms with Crippen molar-refractivity contribution in [2.24, 2.45) is 0 Å². The standard InChI is InChI=1S/C10H14N2O2/c1-7-4-5-11-6-9(7)12-10(13)8(2)14-3/h4-6,8H,1-3H3,(H,12,13)/t8-/m1/s1. The van der Waals surface area contributed by atoms with Gasteiger partial charge in [-0.1, -0.05) is 0 Å². The molecule has 14 heavy (non-hydrogen) atoms. The molecule has 4 heteroatoms. The number of nitrogens with zero attached hydrogens (tertiary/aromatic N) is 1. The van der Waals surface area contributed by atoms with Gasteiger partial charge in [0.15, 0.2) is 0 Å². The predicted octanol–water partition coefficient (Wildman–Crippen LogP) is 1.36. The Morgan fingerprint density at radius 2 is 2.36 bits per heavy atom. The molecule has 1 rings (SSSR count). The molecular formula is C10H14N2O2. The molecule has 1 aromatic heterocycles. The summed E-state index contributed by atoms with van der Waals surface area (Å²) in [7, 11) is 1.50. The summed E-state index contributed by atoms with van der Waals surface area (Å²) in [6.45, 7) is 3.61. The molecule has 1 aromatic rings. The van der Waals surface area contributed by atoms with Gasteiger partial charge in [0.2, 0.25) is 0 Å². The number of pyridine rings is 1. The van der Waals surface area contributed by atoms with Crippen LogP contribution in [0.4, 0.5) is 5.69 Å². The van der Waals surface area contributed by atoms with Crippen molar-refractivity contribution in [3.8, 4) is 0 Å². The van der Waals surface area contributed by atoms with Crippen LogP contribution in [0.25, 0.3) is 0 Å². The van der Waals surface area contributed by atoms with Gasteiger partial charge in [-0.2, -0.15) is 0 Å². The molecule has 1 heterocycles. The highest BCUT2D eigenvalue weighted by atomic mass is 16.5. The highest BCUT2D eigenvalue weighted by molar-refractivity contribution is 5.94. The number of hydrogen-bond acceptors (Lipinski definition) is 3. The fourth-order valence-corrected chi connectivity index (χ4v) is 0.936. The van der Waals surface area contributed by atoms with Crippen LogP contribution in [0.2, 0.25) is 0 Å². The molecule has 76 valence electrons. The maximum absolute atomic E-state index is 11.4. The minimum Gasteiger partial charge on any atom is -0.372 e. The number of amides is 1. The van der Waals surface area contributed by atoms with Crippen molar-refractivity contribution in [3.63, 3.8) is 0 Å². The summed E-state index contributed by atoms with van der Waals surface area (Å²) < 4.78 is 4.89. The van der Waals surface area contributed by atoms with E-state index in [0.29, 0.717) is 0 Å². The number of methoxy groups -OCH3 is 1. The molecule has 4 nitrogen and oxygen atoms in total. The van der Waals surface area contributed by atoms with Gasteiger partial charge < -0.3 is 10.1 Å². The number of aromatic nitrogens is 1. The number of rotatable bonds is 3. The summed E-state index contributed by atoms with van der Waals surface area (Å²) in [4.78, 5) is 15.4. The van der Waals surface area contributed by atoms with Crippen molar-refractivity contribution < 1.29 is 9.53 Å². The summed E-state index contributed by atoms with van der Waals surface area (Å²) in [5.74, 6) is -0.163. The van der Waals surface area contributed by atoms with E-state index < -0.39 is 6.10 Å². The molecular weight excluding hydrogens is 180 g/mol. The van der Waals surface area contributed by atoms with E-state index >= 15 is 0 Å². The second-order valence-corrected chi connectivity index (χ2v) is 3.06. The second kappa shape index (κ2) is 4.72. The van der Waals surface area contributed by atoms with Gasteiger partial charge >= 0.3 is 0 Å². The normalized spacial score (nSPS) is 12.2. The maximum atomic E-state index is 11.4. The van der Waals surface area contributed by atoms with Crippen LogP contribution in [0, 0.1) is 6.92 Å². The van der Waals surface area contributed by atoms with Crippen molar-refractivity contribution in [2.45, 2.75) is 20.0 Å². The Kier molecular flexibility index (Phi) is 3.59. The quantitative estimate of drug-likeness (QED) is 0.790. The van der Waals surface area contributed by atoms with Crippen LogP contribution in [0.1, 0.15) is 12.5 Å².